The minimum atomic E-state index is 0.181. The summed E-state index contributed by atoms with van der Waals surface area (Å²) in [6.07, 6.45) is 7.42. The Labute approximate surface area is 133 Å². The number of para-hydroxylation sites is 1. The fraction of sp³-hybridized carbons (Fsp3) is 0.625. The van der Waals surface area contributed by atoms with Gasteiger partial charge in [0.15, 0.2) is 11.5 Å². The van der Waals surface area contributed by atoms with Crippen molar-refractivity contribution in [1.82, 2.24) is 0 Å². The molecule has 0 saturated heterocycles. The number of halogens is 2. The number of rotatable bonds is 3. The topological polar surface area (TPSA) is 18.5 Å². The molecule has 1 spiro atoms. The van der Waals surface area contributed by atoms with E-state index in [1.54, 1.807) is 7.11 Å². The first kappa shape index (κ1) is 14.5. The Kier molecular flexibility index (Phi) is 4.19. The van der Waals surface area contributed by atoms with Gasteiger partial charge >= 0.3 is 0 Å². The first-order valence-corrected chi connectivity index (χ1v) is 8.53. The molecule has 0 aromatic heterocycles. The third-order valence-electron chi connectivity index (χ3n) is 4.88. The number of benzene rings is 1. The van der Waals surface area contributed by atoms with Crippen LogP contribution in [0, 0.1) is 5.41 Å². The van der Waals surface area contributed by atoms with Gasteiger partial charge in [0, 0.05) is 17.2 Å². The molecule has 2 fully saturated rings. The van der Waals surface area contributed by atoms with Crippen molar-refractivity contribution in [2.45, 2.75) is 50.0 Å². The summed E-state index contributed by atoms with van der Waals surface area (Å²) in [6, 6.07) is 5.88. The van der Waals surface area contributed by atoms with Crippen LogP contribution in [0.4, 0.5) is 0 Å². The van der Waals surface area contributed by atoms with Gasteiger partial charge in [-0.3, -0.25) is 0 Å². The Morgan fingerprint density at radius 2 is 2.00 bits per heavy atom. The highest BCUT2D eigenvalue weighted by molar-refractivity contribution is 9.10. The van der Waals surface area contributed by atoms with Crippen molar-refractivity contribution in [3.05, 3.63) is 22.7 Å². The zero-order chi connectivity index (χ0) is 14.2. The van der Waals surface area contributed by atoms with Crippen LogP contribution >= 0.6 is 27.5 Å². The molecule has 4 heteroatoms. The Morgan fingerprint density at radius 3 is 2.65 bits per heavy atom. The predicted molar refractivity (Wildman–Crippen MR) is 84.9 cm³/mol. The summed E-state index contributed by atoms with van der Waals surface area (Å²) < 4.78 is 12.7. The molecule has 0 heterocycles. The molecule has 0 amide bonds. The third-order valence-corrected chi connectivity index (χ3v) is 6.12. The van der Waals surface area contributed by atoms with Crippen molar-refractivity contribution in [2.24, 2.45) is 5.41 Å². The van der Waals surface area contributed by atoms with E-state index in [4.69, 9.17) is 21.1 Å². The standard InChI is InChI=1S/C16H20BrClO2/c1-19-12-7-5-6-11(17)15(12)20-14-10-13(18)16(14)8-3-2-4-9-16/h5-7,13-14H,2-4,8-10H2,1H3. The second kappa shape index (κ2) is 5.76. The number of ether oxygens (including phenoxy) is 2. The lowest BCUT2D eigenvalue weighted by molar-refractivity contribution is -0.0662. The number of methoxy groups -OCH3 is 1. The minimum Gasteiger partial charge on any atom is -0.493 e. The molecule has 0 bridgehead atoms. The fourth-order valence-electron chi connectivity index (χ4n) is 3.62. The van der Waals surface area contributed by atoms with E-state index in [1.165, 1.54) is 32.1 Å². The molecule has 1 aromatic carbocycles. The van der Waals surface area contributed by atoms with Crippen LogP contribution < -0.4 is 9.47 Å². The number of hydrogen-bond donors (Lipinski definition) is 0. The first-order valence-electron chi connectivity index (χ1n) is 7.30. The lowest BCUT2D eigenvalue weighted by atomic mass is 9.58. The second-order valence-electron chi connectivity index (χ2n) is 5.87. The van der Waals surface area contributed by atoms with E-state index in [0.717, 1.165) is 22.4 Å². The van der Waals surface area contributed by atoms with Gasteiger partial charge in [-0.2, -0.15) is 0 Å². The van der Waals surface area contributed by atoms with Crippen molar-refractivity contribution in [2.75, 3.05) is 7.11 Å². The van der Waals surface area contributed by atoms with E-state index in [-0.39, 0.29) is 16.9 Å². The Hall–Kier alpha value is -0.410. The molecular formula is C16H20BrClO2. The van der Waals surface area contributed by atoms with E-state index in [1.807, 2.05) is 18.2 Å². The normalized spacial score (nSPS) is 27.9. The van der Waals surface area contributed by atoms with Crippen LogP contribution in [0.25, 0.3) is 0 Å². The van der Waals surface area contributed by atoms with E-state index < -0.39 is 0 Å². The Morgan fingerprint density at radius 1 is 1.25 bits per heavy atom. The molecule has 20 heavy (non-hydrogen) atoms. The van der Waals surface area contributed by atoms with E-state index in [9.17, 15) is 0 Å². The summed E-state index contributed by atoms with van der Waals surface area (Å²) in [5.41, 5.74) is 0.181. The van der Waals surface area contributed by atoms with Crippen molar-refractivity contribution < 1.29 is 9.47 Å². The minimum absolute atomic E-state index is 0.181. The van der Waals surface area contributed by atoms with Crippen LogP contribution in [-0.2, 0) is 0 Å². The van der Waals surface area contributed by atoms with Gasteiger partial charge in [0.2, 0.25) is 0 Å². The average molecular weight is 360 g/mol. The fourth-order valence-corrected chi connectivity index (χ4v) is 4.58. The smallest absolute Gasteiger partial charge is 0.175 e. The third kappa shape index (κ3) is 2.33. The van der Waals surface area contributed by atoms with Gasteiger partial charge in [-0.1, -0.05) is 25.3 Å². The largest absolute Gasteiger partial charge is 0.493 e. The van der Waals surface area contributed by atoms with Crippen LogP contribution in [0.3, 0.4) is 0 Å². The Bertz CT molecular complexity index is 485. The van der Waals surface area contributed by atoms with Gasteiger partial charge in [0.05, 0.1) is 11.6 Å². The average Bonchev–Trinajstić information content (AvgIpc) is 2.49. The molecule has 2 atom stereocenters. The quantitative estimate of drug-likeness (QED) is 0.693. The van der Waals surface area contributed by atoms with Crippen molar-refractivity contribution in [3.8, 4) is 11.5 Å². The van der Waals surface area contributed by atoms with Gasteiger partial charge < -0.3 is 9.47 Å². The van der Waals surface area contributed by atoms with Crippen LogP contribution in [-0.4, -0.2) is 18.6 Å². The van der Waals surface area contributed by atoms with Gasteiger partial charge in [-0.15, -0.1) is 11.6 Å². The Balaban J connectivity index is 1.81. The summed E-state index contributed by atoms with van der Waals surface area (Å²) >= 11 is 10.1. The molecule has 2 saturated carbocycles. The van der Waals surface area contributed by atoms with Crippen molar-refractivity contribution >= 4 is 27.5 Å². The highest BCUT2D eigenvalue weighted by atomic mass is 79.9. The maximum absolute atomic E-state index is 6.54. The summed E-state index contributed by atoms with van der Waals surface area (Å²) in [4.78, 5) is 0. The lowest BCUT2D eigenvalue weighted by Gasteiger charge is -2.55. The molecule has 2 nitrogen and oxygen atoms in total. The van der Waals surface area contributed by atoms with Crippen LogP contribution in [0.15, 0.2) is 22.7 Å². The zero-order valence-electron chi connectivity index (χ0n) is 11.7. The zero-order valence-corrected chi connectivity index (χ0v) is 14.0. The summed E-state index contributed by atoms with van der Waals surface area (Å²) in [6.45, 7) is 0. The van der Waals surface area contributed by atoms with Gasteiger partial charge in [0.1, 0.15) is 6.10 Å². The molecule has 1 aromatic rings. The van der Waals surface area contributed by atoms with Gasteiger partial charge in [-0.25, -0.2) is 0 Å². The highest BCUT2D eigenvalue weighted by Gasteiger charge is 2.56. The molecule has 2 aliphatic carbocycles. The molecule has 2 aliphatic rings. The van der Waals surface area contributed by atoms with Crippen LogP contribution in [0.2, 0.25) is 0 Å². The predicted octanol–water partition coefficient (Wildman–Crippen LogP) is 5.17. The van der Waals surface area contributed by atoms with Crippen molar-refractivity contribution in [1.29, 1.82) is 0 Å². The molecule has 2 unspecified atom stereocenters. The second-order valence-corrected chi connectivity index (χ2v) is 7.26. The maximum Gasteiger partial charge on any atom is 0.175 e. The molecular weight excluding hydrogens is 340 g/mol. The van der Waals surface area contributed by atoms with Crippen LogP contribution in [0.5, 0.6) is 11.5 Å². The van der Waals surface area contributed by atoms with Crippen LogP contribution in [0.1, 0.15) is 38.5 Å². The summed E-state index contributed by atoms with van der Waals surface area (Å²) in [7, 11) is 1.68. The van der Waals surface area contributed by atoms with Crippen molar-refractivity contribution in [3.63, 3.8) is 0 Å². The molecule has 0 radical (unpaired) electrons. The van der Waals surface area contributed by atoms with E-state index >= 15 is 0 Å². The maximum atomic E-state index is 6.54. The summed E-state index contributed by atoms with van der Waals surface area (Å²) in [5.74, 6) is 1.59. The lowest BCUT2D eigenvalue weighted by Crippen LogP contribution is -2.58. The van der Waals surface area contributed by atoms with E-state index in [0.29, 0.717) is 0 Å². The summed E-state index contributed by atoms with van der Waals surface area (Å²) in [5, 5.41) is 0.265. The highest BCUT2D eigenvalue weighted by Crippen LogP contribution is 2.56. The molecule has 3 rings (SSSR count). The number of alkyl halides is 1. The van der Waals surface area contributed by atoms with Gasteiger partial charge in [-0.05, 0) is 40.9 Å². The molecule has 0 N–H and O–H groups in total. The van der Waals surface area contributed by atoms with Gasteiger partial charge in [0.25, 0.3) is 0 Å². The number of hydrogen-bond acceptors (Lipinski definition) is 2. The monoisotopic (exact) mass is 358 g/mol. The molecule has 0 aliphatic heterocycles. The molecule has 110 valence electrons. The van der Waals surface area contributed by atoms with E-state index in [2.05, 4.69) is 15.9 Å². The first-order chi connectivity index (χ1) is 9.67. The SMILES string of the molecule is COc1cccc(Br)c1OC1CC(Cl)C12CCCCC2.